The van der Waals surface area contributed by atoms with E-state index in [0.29, 0.717) is 31.7 Å². The number of primary amides is 1. The molecule has 45 heavy (non-hydrogen) atoms. The van der Waals surface area contributed by atoms with Crippen LogP contribution in [0.5, 0.6) is 0 Å². The van der Waals surface area contributed by atoms with Crippen LogP contribution in [0.15, 0.2) is 12.3 Å². The van der Waals surface area contributed by atoms with E-state index in [4.69, 9.17) is 10.5 Å². The van der Waals surface area contributed by atoms with Gasteiger partial charge in [0, 0.05) is 19.0 Å². The van der Waals surface area contributed by atoms with Crippen LogP contribution in [0, 0.1) is 28.6 Å². The smallest absolute Gasteiger partial charge is 0.334 e. The van der Waals surface area contributed by atoms with Gasteiger partial charge in [-0.15, -0.1) is 0 Å². The van der Waals surface area contributed by atoms with Crippen molar-refractivity contribution in [3.05, 3.63) is 12.3 Å². The molecule has 5 N–H and O–H groups in total. The first-order chi connectivity index (χ1) is 20.8. The lowest BCUT2D eigenvalue weighted by molar-refractivity contribution is -0.144. The highest BCUT2D eigenvalue weighted by molar-refractivity contribution is 6.37. The van der Waals surface area contributed by atoms with Gasteiger partial charge in [0.05, 0.1) is 12.1 Å². The highest BCUT2D eigenvalue weighted by atomic mass is 16.5. The van der Waals surface area contributed by atoms with Crippen molar-refractivity contribution in [1.82, 2.24) is 20.9 Å². The monoisotopic (exact) mass is 633 g/mol. The Morgan fingerprint density at radius 3 is 2.04 bits per heavy atom. The minimum Gasteiger partial charge on any atom is -0.430 e. The van der Waals surface area contributed by atoms with Gasteiger partial charge in [-0.1, -0.05) is 88.2 Å². The molecular weight excluding hydrogens is 574 g/mol. The summed E-state index contributed by atoms with van der Waals surface area (Å²) in [5, 5.41) is 8.79. The van der Waals surface area contributed by atoms with Gasteiger partial charge < -0.3 is 26.4 Å². The maximum absolute atomic E-state index is 13.9. The molecule has 0 radical (unpaired) electrons. The van der Waals surface area contributed by atoms with Crippen LogP contribution in [-0.4, -0.2) is 71.8 Å². The Balaban J connectivity index is 2.25. The number of likely N-dealkylation sites (tertiary alicyclic amines) is 1. The number of hydrogen-bond acceptors (Lipinski definition) is 7. The second kappa shape index (κ2) is 16.1. The minimum absolute atomic E-state index is 0.0174. The van der Waals surface area contributed by atoms with E-state index in [1.165, 1.54) is 0 Å². The predicted molar refractivity (Wildman–Crippen MR) is 175 cm³/mol. The fourth-order valence-electron chi connectivity index (χ4n) is 6.13. The molecule has 1 heterocycles. The highest BCUT2D eigenvalue weighted by Crippen LogP contribution is 2.34. The van der Waals surface area contributed by atoms with Crippen molar-refractivity contribution in [2.75, 3.05) is 13.1 Å². The summed E-state index contributed by atoms with van der Waals surface area (Å²) in [5.41, 5.74) is 4.32. The molecule has 0 bridgehead atoms. The molecule has 0 aromatic carbocycles. The number of allylic oxidation sites excluding steroid dienone is 1. The summed E-state index contributed by atoms with van der Waals surface area (Å²) in [5.74, 6) is -1.83. The van der Waals surface area contributed by atoms with Crippen molar-refractivity contribution in [2.24, 2.45) is 34.3 Å². The second-order valence-electron chi connectivity index (χ2n) is 15.5. The number of Topliss-reactive ketones (excluding diaryl/α,β-unsaturated/α-hetero) is 1. The number of ketones is 1. The summed E-state index contributed by atoms with van der Waals surface area (Å²) in [7, 11) is 0. The van der Waals surface area contributed by atoms with Crippen molar-refractivity contribution in [1.29, 1.82) is 0 Å². The standard InChI is InChI=1S/C34H59N5O6/c1-11-13-21(4)45-31(43)28(34(8,9)10)38-32(44)37-25(33(5,6)7)19-39-17-16-23(20(2)3)26(39)30(42)36-24(27(40)29(35)41)18-22-14-12-15-22/h20,22-26,28H,4,11-19H2,1-3,5-10H3,(H2,35,41)(H,36,42)(H2,37,38,44)/t23-,24?,25-,26+,28-/m1/s1. The second-order valence-corrected chi connectivity index (χ2v) is 15.5. The van der Waals surface area contributed by atoms with E-state index in [9.17, 15) is 24.0 Å². The van der Waals surface area contributed by atoms with Gasteiger partial charge in [0.25, 0.3) is 5.91 Å². The molecular formula is C34H59N5O6. The topological polar surface area (TPSA) is 160 Å². The fourth-order valence-corrected chi connectivity index (χ4v) is 6.13. The van der Waals surface area contributed by atoms with Gasteiger partial charge in [-0.25, -0.2) is 9.59 Å². The quantitative estimate of drug-likeness (QED) is 0.120. The van der Waals surface area contributed by atoms with Gasteiger partial charge in [-0.05, 0) is 54.4 Å². The largest absolute Gasteiger partial charge is 0.430 e. The molecule has 11 nitrogen and oxygen atoms in total. The number of carbonyl (C=O) groups excluding carboxylic acids is 5. The van der Waals surface area contributed by atoms with Gasteiger partial charge in [0.1, 0.15) is 11.8 Å². The molecule has 256 valence electrons. The number of amides is 4. The normalized spacial score (nSPS) is 21.3. The third kappa shape index (κ3) is 11.1. The van der Waals surface area contributed by atoms with E-state index in [1.54, 1.807) is 0 Å². The van der Waals surface area contributed by atoms with Crippen LogP contribution in [0.4, 0.5) is 4.79 Å². The number of hydrogen-bond donors (Lipinski definition) is 4. The SMILES string of the molecule is C=C(CCC)OC(=O)[C@@H](NC(=O)N[C@H](CN1CC[C@H](C(C)C)[C@H]1C(=O)NC(CC1CCC1)C(=O)C(N)=O)C(C)(C)C)C(C)(C)C. The molecule has 2 fully saturated rings. The maximum atomic E-state index is 13.9. The fraction of sp³-hybridized carbons (Fsp3) is 0.794. The summed E-state index contributed by atoms with van der Waals surface area (Å²) in [6.07, 6.45) is 5.50. The van der Waals surface area contributed by atoms with Crippen LogP contribution >= 0.6 is 0 Å². The van der Waals surface area contributed by atoms with Crippen molar-refractivity contribution in [3.8, 4) is 0 Å². The van der Waals surface area contributed by atoms with E-state index in [-0.39, 0.29) is 23.7 Å². The third-order valence-electron chi connectivity index (χ3n) is 9.26. The Bertz CT molecular complexity index is 1090. The van der Waals surface area contributed by atoms with Crippen molar-refractivity contribution >= 4 is 29.6 Å². The molecule has 0 aromatic heterocycles. The van der Waals surface area contributed by atoms with Crippen molar-refractivity contribution in [2.45, 2.75) is 131 Å². The molecule has 1 aliphatic heterocycles. The van der Waals surface area contributed by atoms with Crippen molar-refractivity contribution in [3.63, 3.8) is 0 Å². The van der Waals surface area contributed by atoms with E-state index in [2.05, 4.69) is 41.3 Å². The minimum atomic E-state index is -1.04. The average molecular weight is 634 g/mol. The van der Waals surface area contributed by atoms with Crippen LogP contribution < -0.4 is 21.7 Å². The molecule has 1 aliphatic carbocycles. The number of esters is 1. The van der Waals surface area contributed by atoms with Crippen LogP contribution in [-0.2, 0) is 23.9 Å². The summed E-state index contributed by atoms with van der Waals surface area (Å²) >= 11 is 0. The number of nitrogens with one attached hydrogen (secondary N) is 3. The van der Waals surface area contributed by atoms with Crippen LogP contribution in [0.1, 0.15) is 107 Å². The number of ether oxygens (including phenoxy) is 1. The zero-order chi connectivity index (χ0) is 34.3. The van der Waals surface area contributed by atoms with Crippen LogP contribution in [0.25, 0.3) is 0 Å². The molecule has 1 saturated carbocycles. The summed E-state index contributed by atoms with van der Waals surface area (Å²) < 4.78 is 5.45. The average Bonchev–Trinajstić information content (AvgIpc) is 3.30. The Kier molecular flexibility index (Phi) is 13.6. The molecule has 1 unspecified atom stereocenters. The summed E-state index contributed by atoms with van der Waals surface area (Å²) in [6, 6.07) is -3.33. The first-order valence-corrected chi connectivity index (χ1v) is 16.6. The molecule has 2 rings (SSSR count). The number of nitrogens with two attached hydrogens (primary N) is 1. The molecule has 4 amide bonds. The van der Waals surface area contributed by atoms with Crippen LogP contribution in [0.2, 0.25) is 0 Å². The van der Waals surface area contributed by atoms with E-state index >= 15 is 0 Å². The zero-order valence-electron chi connectivity index (χ0n) is 29.1. The third-order valence-corrected chi connectivity index (χ3v) is 9.26. The van der Waals surface area contributed by atoms with E-state index < -0.39 is 58.7 Å². The lowest BCUT2D eigenvalue weighted by atomic mass is 9.80. The molecule has 2 aliphatic rings. The molecule has 0 aromatic rings. The van der Waals surface area contributed by atoms with Gasteiger partial charge >= 0.3 is 12.0 Å². The Morgan fingerprint density at radius 1 is 0.956 bits per heavy atom. The summed E-state index contributed by atoms with van der Waals surface area (Å²) in [6.45, 7) is 22.5. The van der Waals surface area contributed by atoms with E-state index in [1.807, 2.05) is 48.5 Å². The highest BCUT2D eigenvalue weighted by Gasteiger charge is 2.44. The van der Waals surface area contributed by atoms with Gasteiger partial charge in [-0.3, -0.25) is 19.3 Å². The van der Waals surface area contributed by atoms with Gasteiger partial charge in [0.2, 0.25) is 11.7 Å². The zero-order valence-corrected chi connectivity index (χ0v) is 29.1. The molecule has 5 atom stereocenters. The Hall–Kier alpha value is -2.95. The molecule has 11 heteroatoms. The summed E-state index contributed by atoms with van der Waals surface area (Å²) in [4.78, 5) is 66.9. The Labute approximate surface area is 270 Å². The maximum Gasteiger partial charge on any atom is 0.334 e. The lowest BCUT2D eigenvalue weighted by Gasteiger charge is -2.38. The van der Waals surface area contributed by atoms with Gasteiger partial charge in [-0.2, -0.15) is 0 Å². The lowest BCUT2D eigenvalue weighted by Crippen LogP contribution is -2.60. The first kappa shape index (κ1) is 38.2. The molecule has 1 saturated heterocycles. The number of urea groups is 1. The first-order valence-electron chi connectivity index (χ1n) is 16.6. The Morgan fingerprint density at radius 2 is 1.58 bits per heavy atom. The van der Waals surface area contributed by atoms with Gasteiger partial charge in [0.15, 0.2) is 0 Å². The number of nitrogens with zero attached hydrogens (tertiary/aromatic N) is 1. The van der Waals surface area contributed by atoms with Crippen LogP contribution in [0.3, 0.4) is 0 Å². The predicted octanol–water partition coefficient (Wildman–Crippen LogP) is 4.05. The van der Waals surface area contributed by atoms with Crippen molar-refractivity contribution < 1.29 is 28.7 Å². The number of rotatable bonds is 15. The molecule has 0 spiro atoms. The number of carbonyl (C=O) groups is 5. The van der Waals surface area contributed by atoms with E-state index in [0.717, 1.165) is 32.1 Å².